The number of carbonyl (C=O) groups excluding carboxylic acids is 2. The van der Waals surface area contributed by atoms with E-state index in [4.69, 9.17) is 4.74 Å². The van der Waals surface area contributed by atoms with Crippen molar-refractivity contribution in [3.05, 3.63) is 88.5 Å². The van der Waals surface area contributed by atoms with E-state index in [1.807, 2.05) is 48.5 Å². The van der Waals surface area contributed by atoms with Crippen LogP contribution in [0.25, 0.3) is 0 Å². The molecular weight excluding hydrogens is 514 g/mol. The number of hydrogen-bond acceptors (Lipinski definition) is 6. The zero-order valence-corrected chi connectivity index (χ0v) is 23.2. The highest BCUT2D eigenvalue weighted by Crippen LogP contribution is 2.32. The first-order chi connectivity index (χ1) is 18.9. The van der Waals surface area contributed by atoms with Crippen molar-refractivity contribution in [3.8, 4) is 0 Å². The van der Waals surface area contributed by atoms with Gasteiger partial charge in [-0.25, -0.2) is 4.79 Å². The molecule has 3 rings (SSSR count). The van der Waals surface area contributed by atoms with Crippen LogP contribution in [-0.4, -0.2) is 30.1 Å². The monoisotopic (exact) mass is 549 g/mol. The number of para-hydroxylation sites is 2. The standard InChI is InChI=1S/C30H35N3O5S/c1-3-5-6-7-10-20-32(30(35)31-27-14-8-9-15-28(27)33(36)37)24-12-11-13-26(22-24)39-25-18-16-23(17-19-25)21-29(34)38-4-2/h8-9,11-19,22H,3-7,10,20-21H2,1-2H3,(H,31,35). The average molecular weight is 550 g/mol. The summed E-state index contributed by atoms with van der Waals surface area (Å²) >= 11 is 1.55. The Kier molecular flexibility index (Phi) is 11.8. The Morgan fingerprint density at radius 1 is 0.923 bits per heavy atom. The fraction of sp³-hybridized carbons (Fsp3) is 0.333. The number of esters is 1. The quantitative estimate of drug-likeness (QED) is 0.0950. The molecule has 3 aromatic rings. The summed E-state index contributed by atoms with van der Waals surface area (Å²) < 4.78 is 5.01. The van der Waals surface area contributed by atoms with Crippen molar-refractivity contribution < 1.29 is 19.2 Å². The van der Waals surface area contributed by atoms with Gasteiger partial charge >= 0.3 is 12.0 Å². The minimum atomic E-state index is -0.500. The molecule has 206 valence electrons. The number of ether oxygens (including phenoxy) is 1. The number of nitrogens with zero attached hydrogens (tertiary/aromatic N) is 2. The number of rotatable bonds is 14. The molecule has 0 atom stereocenters. The Morgan fingerprint density at radius 3 is 2.38 bits per heavy atom. The SMILES string of the molecule is CCCCCCCN(C(=O)Nc1ccccc1[N+](=O)[O-])c1cccc(Sc2ccc(CC(=O)OCC)cc2)c1. The van der Waals surface area contributed by atoms with E-state index in [0.717, 1.165) is 47.5 Å². The Balaban J connectivity index is 1.76. The number of benzene rings is 3. The molecule has 0 saturated carbocycles. The zero-order chi connectivity index (χ0) is 28.0. The molecule has 0 spiro atoms. The van der Waals surface area contributed by atoms with Crippen LogP contribution < -0.4 is 10.2 Å². The van der Waals surface area contributed by atoms with Gasteiger partial charge in [0.05, 0.1) is 18.0 Å². The van der Waals surface area contributed by atoms with Gasteiger partial charge in [-0.15, -0.1) is 0 Å². The summed E-state index contributed by atoms with van der Waals surface area (Å²) in [5.74, 6) is -0.250. The number of carbonyl (C=O) groups is 2. The van der Waals surface area contributed by atoms with Crippen LogP contribution in [0.1, 0.15) is 51.5 Å². The van der Waals surface area contributed by atoms with Crippen LogP contribution in [-0.2, 0) is 16.0 Å². The Morgan fingerprint density at radius 2 is 1.67 bits per heavy atom. The van der Waals surface area contributed by atoms with Crippen molar-refractivity contribution >= 4 is 40.8 Å². The summed E-state index contributed by atoms with van der Waals surface area (Å²) in [5, 5.41) is 14.2. The van der Waals surface area contributed by atoms with Crippen molar-refractivity contribution in [1.29, 1.82) is 0 Å². The molecule has 0 heterocycles. The molecule has 0 aromatic heterocycles. The van der Waals surface area contributed by atoms with Gasteiger partial charge in [0.1, 0.15) is 5.69 Å². The van der Waals surface area contributed by atoms with Crippen LogP contribution in [0.2, 0.25) is 0 Å². The molecule has 0 aliphatic carbocycles. The molecule has 0 aliphatic rings. The van der Waals surface area contributed by atoms with Crippen molar-refractivity contribution in [2.24, 2.45) is 0 Å². The van der Waals surface area contributed by atoms with E-state index in [2.05, 4.69) is 12.2 Å². The maximum atomic E-state index is 13.4. The lowest BCUT2D eigenvalue weighted by atomic mass is 10.1. The number of nitrogens with one attached hydrogen (secondary N) is 1. The van der Waals surface area contributed by atoms with Crippen LogP contribution in [0.3, 0.4) is 0 Å². The molecular formula is C30H35N3O5S. The van der Waals surface area contributed by atoms with Gasteiger partial charge < -0.3 is 10.1 Å². The topological polar surface area (TPSA) is 102 Å². The minimum absolute atomic E-state index is 0.149. The molecule has 2 amide bonds. The highest BCUT2D eigenvalue weighted by Gasteiger charge is 2.20. The number of amides is 2. The molecule has 39 heavy (non-hydrogen) atoms. The molecule has 0 bridgehead atoms. The normalized spacial score (nSPS) is 10.6. The molecule has 0 saturated heterocycles. The van der Waals surface area contributed by atoms with Crippen LogP contribution in [0.5, 0.6) is 0 Å². The smallest absolute Gasteiger partial charge is 0.326 e. The number of nitro groups is 1. The molecule has 8 nitrogen and oxygen atoms in total. The second-order valence-electron chi connectivity index (χ2n) is 9.00. The van der Waals surface area contributed by atoms with Crippen LogP contribution in [0.15, 0.2) is 82.6 Å². The number of hydrogen-bond donors (Lipinski definition) is 1. The highest BCUT2D eigenvalue weighted by atomic mass is 32.2. The maximum Gasteiger partial charge on any atom is 0.326 e. The highest BCUT2D eigenvalue weighted by molar-refractivity contribution is 7.99. The van der Waals surface area contributed by atoms with Crippen molar-refractivity contribution in [2.75, 3.05) is 23.4 Å². The lowest BCUT2D eigenvalue weighted by molar-refractivity contribution is -0.383. The molecule has 0 radical (unpaired) electrons. The Hall–Kier alpha value is -3.85. The lowest BCUT2D eigenvalue weighted by Gasteiger charge is -2.24. The van der Waals surface area contributed by atoms with E-state index >= 15 is 0 Å². The molecule has 0 fully saturated rings. The molecule has 0 unspecified atom stereocenters. The van der Waals surface area contributed by atoms with Crippen LogP contribution in [0, 0.1) is 10.1 Å². The van der Waals surface area contributed by atoms with E-state index in [-0.39, 0.29) is 23.8 Å². The predicted octanol–water partition coefficient (Wildman–Crippen LogP) is 7.86. The summed E-state index contributed by atoms with van der Waals surface area (Å²) in [5.41, 5.74) is 1.61. The number of urea groups is 1. The predicted molar refractivity (Wildman–Crippen MR) is 156 cm³/mol. The zero-order valence-electron chi connectivity index (χ0n) is 22.4. The van der Waals surface area contributed by atoms with E-state index in [1.165, 1.54) is 12.1 Å². The lowest BCUT2D eigenvalue weighted by Crippen LogP contribution is -2.36. The summed E-state index contributed by atoms with van der Waals surface area (Å²) in [6.07, 6.45) is 5.42. The summed E-state index contributed by atoms with van der Waals surface area (Å²) in [4.78, 5) is 39.7. The second-order valence-corrected chi connectivity index (χ2v) is 10.1. The third kappa shape index (κ3) is 9.44. The maximum absolute atomic E-state index is 13.4. The Labute approximate surface area is 233 Å². The largest absolute Gasteiger partial charge is 0.466 e. The fourth-order valence-electron chi connectivity index (χ4n) is 4.05. The van der Waals surface area contributed by atoms with Gasteiger partial charge in [-0.3, -0.25) is 19.8 Å². The van der Waals surface area contributed by atoms with Crippen LogP contribution >= 0.6 is 11.8 Å². The van der Waals surface area contributed by atoms with E-state index in [0.29, 0.717) is 18.8 Å². The Bertz CT molecular complexity index is 1250. The van der Waals surface area contributed by atoms with Gasteiger partial charge in [0.15, 0.2) is 0 Å². The molecule has 3 aromatic carbocycles. The summed E-state index contributed by atoms with van der Waals surface area (Å²) in [6.45, 7) is 4.80. The van der Waals surface area contributed by atoms with E-state index in [1.54, 1.807) is 35.7 Å². The molecule has 0 aliphatic heterocycles. The third-order valence-electron chi connectivity index (χ3n) is 6.01. The number of unbranched alkanes of at least 4 members (excludes halogenated alkanes) is 4. The first-order valence-electron chi connectivity index (χ1n) is 13.3. The van der Waals surface area contributed by atoms with Crippen molar-refractivity contribution in [3.63, 3.8) is 0 Å². The second kappa shape index (κ2) is 15.5. The van der Waals surface area contributed by atoms with Gasteiger partial charge in [0.2, 0.25) is 0 Å². The number of nitro benzene ring substituents is 1. The molecule has 9 heteroatoms. The average Bonchev–Trinajstić information content (AvgIpc) is 2.92. The van der Waals surface area contributed by atoms with Gasteiger partial charge in [0, 0.05) is 28.1 Å². The van der Waals surface area contributed by atoms with Crippen molar-refractivity contribution in [1.82, 2.24) is 0 Å². The van der Waals surface area contributed by atoms with Crippen molar-refractivity contribution in [2.45, 2.75) is 62.2 Å². The van der Waals surface area contributed by atoms with Gasteiger partial charge in [-0.2, -0.15) is 0 Å². The number of anilines is 2. The van der Waals surface area contributed by atoms with Gasteiger partial charge in [-0.1, -0.05) is 74.7 Å². The first-order valence-corrected chi connectivity index (χ1v) is 14.1. The first kappa shape index (κ1) is 29.7. The van der Waals surface area contributed by atoms with Gasteiger partial charge in [-0.05, 0) is 55.3 Å². The fourth-order valence-corrected chi connectivity index (χ4v) is 4.92. The minimum Gasteiger partial charge on any atom is -0.466 e. The summed E-state index contributed by atoms with van der Waals surface area (Å²) in [7, 11) is 0. The molecule has 1 N–H and O–H groups in total. The van der Waals surface area contributed by atoms with Gasteiger partial charge in [0.25, 0.3) is 5.69 Å². The summed E-state index contributed by atoms with van der Waals surface area (Å²) in [6, 6.07) is 21.2. The van der Waals surface area contributed by atoms with E-state index < -0.39 is 11.0 Å². The third-order valence-corrected chi connectivity index (χ3v) is 7.01. The van der Waals surface area contributed by atoms with E-state index in [9.17, 15) is 19.7 Å². The van der Waals surface area contributed by atoms with Crippen LogP contribution in [0.4, 0.5) is 21.9 Å².